The van der Waals surface area contributed by atoms with E-state index in [2.05, 4.69) is 15.2 Å². The van der Waals surface area contributed by atoms with Crippen LogP contribution in [0.15, 0.2) is 24.3 Å². The molecule has 1 heterocycles. The Morgan fingerprint density at radius 1 is 1.00 bits per heavy atom. The summed E-state index contributed by atoms with van der Waals surface area (Å²) < 4.78 is 0. The van der Waals surface area contributed by atoms with E-state index in [9.17, 15) is 0 Å². The highest BCUT2D eigenvalue weighted by Gasteiger charge is 2.06. The van der Waals surface area contributed by atoms with Crippen LogP contribution in [-0.2, 0) is 0 Å². The first-order valence-corrected chi connectivity index (χ1v) is 4.56. The number of rotatable bonds is 1. The Morgan fingerprint density at radius 3 is 2.27 bits per heavy atom. The van der Waals surface area contributed by atoms with Crippen molar-refractivity contribution in [1.29, 1.82) is 0 Å². The summed E-state index contributed by atoms with van der Waals surface area (Å²) in [5.74, 6) is 0.315. The van der Waals surface area contributed by atoms with Gasteiger partial charge in [0.25, 0.3) is 0 Å². The molecular weight excluding hydrogens is 214 g/mol. The molecule has 1 aromatic heterocycles. The molecule has 0 saturated heterocycles. The summed E-state index contributed by atoms with van der Waals surface area (Å²) in [6, 6.07) is 7.07. The summed E-state index contributed by atoms with van der Waals surface area (Å²) in [6.45, 7) is 0. The second-order valence-corrected chi connectivity index (χ2v) is 3.35. The lowest BCUT2D eigenvalue weighted by atomic mass is 10.1. The van der Waals surface area contributed by atoms with E-state index in [-0.39, 0.29) is 11.8 Å². The van der Waals surface area contributed by atoms with Crippen molar-refractivity contribution in [2.75, 3.05) is 11.5 Å². The van der Waals surface area contributed by atoms with Crippen molar-refractivity contribution >= 4 is 23.4 Å². The van der Waals surface area contributed by atoms with Crippen LogP contribution >= 0.6 is 11.6 Å². The highest BCUT2D eigenvalue weighted by atomic mass is 35.5. The van der Waals surface area contributed by atoms with Gasteiger partial charge in [-0.1, -0.05) is 23.7 Å². The van der Waals surface area contributed by atoms with Crippen molar-refractivity contribution < 1.29 is 0 Å². The fraction of sp³-hybridized carbons (Fsp3) is 0. The molecule has 4 N–H and O–H groups in total. The minimum Gasteiger partial charge on any atom is -0.382 e. The number of nitrogens with zero attached hydrogens (tertiary/aromatic N) is 3. The molecular formula is C9H8ClN5. The zero-order valence-electron chi connectivity index (χ0n) is 7.68. The monoisotopic (exact) mass is 221 g/mol. The Bertz CT molecular complexity index is 482. The predicted molar refractivity (Wildman–Crippen MR) is 59.1 cm³/mol. The van der Waals surface area contributed by atoms with Crippen LogP contribution in [0.25, 0.3) is 11.3 Å². The van der Waals surface area contributed by atoms with E-state index in [0.29, 0.717) is 10.7 Å². The molecule has 76 valence electrons. The fourth-order valence-corrected chi connectivity index (χ4v) is 1.29. The van der Waals surface area contributed by atoms with Crippen molar-refractivity contribution in [1.82, 2.24) is 15.2 Å². The highest BCUT2D eigenvalue weighted by molar-refractivity contribution is 6.30. The molecule has 0 fully saturated rings. The number of nitrogens with two attached hydrogens (primary N) is 2. The molecule has 0 spiro atoms. The Morgan fingerprint density at radius 2 is 1.67 bits per heavy atom. The highest BCUT2D eigenvalue weighted by Crippen LogP contribution is 2.22. The number of hydrogen-bond donors (Lipinski definition) is 2. The molecule has 0 aliphatic carbocycles. The number of hydrogen-bond acceptors (Lipinski definition) is 5. The van der Waals surface area contributed by atoms with E-state index in [1.807, 2.05) is 0 Å². The molecule has 6 heteroatoms. The average Bonchev–Trinajstić information content (AvgIpc) is 2.20. The van der Waals surface area contributed by atoms with E-state index < -0.39 is 0 Å². The molecule has 0 saturated carbocycles. The maximum Gasteiger partial charge on any atom is 0.242 e. The van der Waals surface area contributed by atoms with E-state index in [0.717, 1.165) is 5.56 Å². The van der Waals surface area contributed by atoms with Crippen molar-refractivity contribution in [3.8, 4) is 11.3 Å². The van der Waals surface area contributed by atoms with Gasteiger partial charge in [-0.25, -0.2) is 0 Å². The van der Waals surface area contributed by atoms with E-state index in [4.69, 9.17) is 23.1 Å². The minimum absolute atomic E-state index is 0.0604. The first-order chi connectivity index (χ1) is 7.16. The largest absolute Gasteiger partial charge is 0.382 e. The van der Waals surface area contributed by atoms with Crippen LogP contribution in [0, 0.1) is 0 Å². The van der Waals surface area contributed by atoms with Gasteiger partial charge in [0.1, 0.15) is 5.69 Å². The summed E-state index contributed by atoms with van der Waals surface area (Å²) in [5, 5.41) is 8.16. The standard InChI is InChI=1S/C9H8ClN5/c10-6-3-1-5(2-4-6)7-8(11)13-9(12)15-14-7/h1-4H,(H4,11,12,13,15). The quantitative estimate of drug-likeness (QED) is 0.759. The van der Waals surface area contributed by atoms with Gasteiger partial charge in [0.2, 0.25) is 5.95 Å². The first-order valence-electron chi connectivity index (χ1n) is 4.18. The molecule has 0 amide bonds. The smallest absolute Gasteiger partial charge is 0.242 e. The van der Waals surface area contributed by atoms with Gasteiger partial charge in [-0.05, 0) is 12.1 Å². The second-order valence-electron chi connectivity index (χ2n) is 2.91. The Labute approximate surface area is 91.1 Å². The average molecular weight is 222 g/mol. The summed E-state index contributed by atoms with van der Waals surface area (Å²) in [5.41, 5.74) is 12.3. The zero-order chi connectivity index (χ0) is 10.8. The molecule has 15 heavy (non-hydrogen) atoms. The van der Waals surface area contributed by atoms with Crippen molar-refractivity contribution in [2.45, 2.75) is 0 Å². The van der Waals surface area contributed by atoms with E-state index >= 15 is 0 Å². The van der Waals surface area contributed by atoms with Crippen LogP contribution in [0.1, 0.15) is 0 Å². The lowest BCUT2D eigenvalue weighted by molar-refractivity contribution is 1.000. The zero-order valence-corrected chi connectivity index (χ0v) is 8.44. The Balaban J connectivity index is 2.49. The predicted octanol–water partition coefficient (Wildman–Crippen LogP) is 1.36. The fourth-order valence-electron chi connectivity index (χ4n) is 1.16. The summed E-state index contributed by atoms with van der Waals surface area (Å²) in [6.07, 6.45) is 0. The van der Waals surface area contributed by atoms with Crippen LogP contribution in [0.3, 0.4) is 0 Å². The van der Waals surface area contributed by atoms with Gasteiger partial charge in [0.15, 0.2) is 5.82 Å². The SMILES string of the molecule is Nc1nnc(-c2ccc(Cl)cc2)c(N)n1. The number of nitrogen functional groups attached to an aromatic ring is 2. The van der Waals surface area contributed by atoms with Crippen LogP contribution in [0.2, 0.25) is 5.02 Å². The molecule has 0 aliphatic rings. The summed E-state index contributed by atoms with van der Waals surface area (Å²) in [4.78, 5) is 3.82. The van der Waals surface area contributed by atoms with Crippen LogP contribution in [-0.4, -0.2) is 15.2 Å². The molecule has 0 unspecified atom stereocenters. The van der Waals surface area contributed by atoms with Gasteiger partial charge >= 0.3 is 0 Å². The molecule has 0 aliphatic heterocycles. The lowest BCUT2D eigenvalue weighted by Gasteiger charge is -2.03. The maximum absolute atomic E-state index is 5.76. The van der Waals surface area contributed by atoms with Crippen molar-refractivity contribution in [3.63, 3.8) is 0 Å². The summed E-state index contributed by atoms with van der Waals surface area (Å²) in [7, 11) is 0. The van der Waals surface area contributed by atoms with Crippen LogP contribution in [0.4, 0.5) is 11.8 Å². The van der Waals surface area contributed by atoms with Gasteiger partial charge in [-0.15, -0.1) is 10.2 Å². The molecule has 0 radical (unpaired) electrons. The number of halogens is 1. The van der Waals surface area contributed by atoms with Crippen molar-refractivity contribution in [2.24, 2.45) is 0 Å². The molecule has 5 nitrogen and oxygen atoms in total. The second kappa shape index (κ2) is 3.70. The lowest BCUT2D eigenvalue weighted by Crippen LogP contribution is -2.04. The molecule has 0 bridgehead atoms. The first kappa shape index (κ1) is 9.67. The third-order valence-electron chi connectivity index (χ3n) is 1.85. The van der Waals surface area contributed by atoms with Gasteiger partial charge in [0, 0.05) is 10.6 Å². The van der Waals surface area contributed by atoms with Gasteiger partial charge in [-0.3, -0.25) is 0 Å². The topological polar surface area (TPSA) is 90.7 Å². The van der Waals surface area contributed by atoms with Crippen molar-refractivity contribution in [3.05, 3.63) is 29.3 Å². The number of aromatic nitrogens is 3. The molecule has 2 rings (SSSR count). The van der Waals surface area contributed by atoms with E-state index in [1.165, 1.54) is 0 Å². The Hall–Kier alpha value is -1.88. The third kappa shape index (κ3) is 1.97. The Kier molecular flexibility index (Phi) is 2.39. The number of anilines is 2. The molecule has 0 atom stereocenters. The third-order valence-corrected chi connectivity index (χ3v) is 2.10. The minimum atomic E-state index is 0.0604. The van der Waals surface area contributed by atoms with Gasteiger partial charge < -0.3 is 11.5 Å². The summed E-state index contributed by atoms with van der Waals surface area (Å²) >= 11 is 5.76. The normalized spacial score (nSPS) is 10.2. The van der Waals surface area contributed by atoms with Gasteiger partial charge in [-0.2, -0.15) is 4.98 Å². The molecule has 1 aromatic carbocycles. The van der Waals surface area contributed by atoms with Gasteiger partial charge in [0.05, 0.1) is 0 Å². The maximum atomic E-state index is 5.76. The van der Waals surface area contributed by atoms with E-state index in [1.54, 1.807) is 24.3 Å². The van der Waals surface area contributed by atoms with Crippen LogP contribution in [0.5, 0.6) is 0 Å². The number of benzene rings is 1. The van der Waals surface area contributed by atoms with Crippen LogP contribution < -0.4 is 11.5 Å². The molecule has 2 aromatic rings.